The van der Waals surface area contributed by atoms with Gasteiger partial charge in [-0.15, -0.1) is 0 Å². The van der Waals surface area contributed by atoms with Crippen LogP contribution in [0.4, 0.5) is 0 Å². The fraction of sp³-hybridized carbons (Fsp3) is 0. The summed E-state index contributed by atoms with van der Waals surface area (Å²) in [6.45, 7) is -0.0281. The molecular formula is C29H19B2NO2. The summed E-state index contributed by atoms with van der Waals surface area (Å²) in [4.78, 5) is 4.94. The Morgan fingerprint density at radius 1 is 0.500 bits per heavy atom. The third-order valence-electron chi connectivity index (χ3n) is 6.78. The molecule has 0 radical (unpaired) electrons. The van der Waals surface area contributed by atoms with E-state index in [0.717, 1.165) is 45.0 Å². The summed E-state index contributed by atoms with van der Waals surface area (Å²) in [6, 6.07) is 37.6. The van der Waals surface area contributed by atoms with Gasteiger partial charge in [0.15, 0.2) is 0 Å². The van der Waals surface area contributed by atoms with Crippen LogP contribution in [0.5, 0.6) is 23.0 Å². The second-order valence-corrected chi connectivity index (χ2v) is 8.72. The van der Waals surface area contributed by atoms with Crippen LogP contribution >= 0.6 is 0 Å². The molecule has 0 N–H and O–H groups in total. The normalized spacial score (nSPS) is 13.1. The minimum Gasteiger partial charge on any atom is -0.457 e. The number of fused-ring (bicyclic) bond motifs is 5. The minimum atomic E-state index is -0.0143. The maximum Gasteiger partial charge on any atom is 0.274 e. The van der Waals surface area contributed by atoms with Crippen molar-refractivity contribution in [2.75, 3.05) is 0 Å². The van der Waals surface area contributed by atoms with Gasteiger partial charge in [-0.2, -0.15) is 0 Å². The van der Waals surface area contributed by atoms with Gasteiger partial charge < -0.3 is 9.47 Å². The maximum atomic E-state index is 6.65. The number of benzene rings is 4. The van der Waals surface area contributed by atoms with Crippen LogP contribution in [0.25, 0.3) is 0 Å². The largest absolute Gasteiger partial charge is 0.457 e. The number of rotatable bonds is 2. The van der Waals surface area contributed by atoms with Gasteiger partial charge in [-0.1, -0.05) is 108 Å². The number of pyridine rings is 1. The van der Waals surface area contributed by atoms with E-state index in [1.165, 1.54) is 10.9 Å². The van der Waals surface area contributed by atoms with Gasteiger partial charge in [-0.3, -0.25) is 4.98 Å². The van der Waals surface area contributed by atoms with E-state index in [0.29, 0.717) is 0 Å². The zero-order valence-corrected chi connectivity index (χ0v) is 18.4. The zero-order valence-electron chi connectivity index (χ0n) is 18.4. The summed E-state index contributed by atoms with van der Waals surface area (Å²) in [7, 11) is 0. The lowest BCUT2D eigenvalue weighted by atomic mass is 9.33. The molecule has 7 rings (SSSR count). The summed E-state index contributed by atoms with van der Waals surface area (Å²) >= 11 is 0. The van der Waals surface area contributed by atoms with E-state index in [2.05, 4.69) is 78.9 Å². The second kappa shape index (κ2) is 7.67. The SMILES string of the molecule is c1ccc(B2c3ccccc3Oc3c2ncc2c3B(c3ccccc3)c3ccccc3O2)cc1. The molecule has 5 heteroatoms. The summed E-state index contributed by atoms with van der Waals surface area (Å²) in [5.74, 6) is 3.28. The number of hydrogen-bond acceptors (Lipinski definition) is 3. The molecule has 2 aliphatic heterocycles. The monoisotopic (exact) mass is 435 g/mol. The number of ether oxygens (including phenoxy) is 2. The Morgan fingerprint density at radius 2 is 1.03 bits per heavy atom. The molecule has 3 heterocycles. The van der Waals surface area contributed by atoms with E-state index in [-0.39, 0.29) is 13.4 Å². The molecule has 5 aromatic rings. The van der Waals surface area contributed by atoms with Gasteiger partial charge in [0.25, 0.3) is 13.4 Å². The third kappa shape index (κ3) is 2.90. The number of aromatic nitrogens is 1. The van der Waals surface area contributed by atoms with Crippen LogP contribution in [-0.2, 0) is 0 Å². The third-order valence-corrected chi connectivity index (χ3v) is 6.78. The van der Waals surface area contributed by atoms with Crippen LogP contribution in [0, 0.1) is 0 Å². The van der Waals surface area contributed by atoms with Crippen molar-refractivity contribution in [3.63, 3.8) is 0 Å². The van der Waals surface area contributed by atoms with Gasteiger partial charge in [0.05, 0.1) is 11.8 Å². The lowest BCUT2D eigenvalue weighted by Gasteiger charge is -2.33. The van der Waals surface area contributed by atoms with Crippen molar-refractivity contribution in [2.45, 2.75) is 0 Å². The Kier molecular flexibility index (Phi) is 4.34. The van der Waals surface area contributed by atoms with E-state index in [1.807, 2.05) is 36.5 Å². The highest BCUT2D eigenvalue weighted by Crippen LogP contribution is 2.30. The van der Waals surface area contributed by atoms with Crippen LogP contribution in [0.2, 0.25) is 0 Å². The van der Waals surface area contributed by atoms with Crippen molar-refractivity contribution < 1.29 is 9.47 Å². The fourth-order valence-electron chi connectivity index (χ4n) is 5.30. The molecule has 0 unspecified atom stereocenters. The highest BCUT2D eigenvalue weighted by Gasteiger charge is 2.41. The van der Waals surface area contributed by atoms with Crippen molar-refractivity contribution >= 4 is 46.3 Å². The predicted molar refractivity (Wildman–Crippen MR) is 139 cm³/mol. The second-order valence-electron chi connectivity index (χ2n) is 8.72. The minimum absolute atomic E-state index is 0.0138. The molecule has 0 bridgehead atoms. The van der Waals surface area contributed by atoms with E-state index < -0.39 is 0 Å². The van der Waals surface area contributed by atoms with Crippen molar-refractivity contribution in [3.05, 3.63) is 115 Å². The van der Waals surface area contributed by atoms with Gasteiger partial charge in [0.1, 0.15) is 23.0 Å². The van der Waals surface area contributed by atoms with E-state index in [1.54, 1.807) is 0 Å². The number of para-hydroxylation sites is 2. The summed E-state index contributed by atoms with van der Waals surface area (Å²) in [6.07, 6.45) is 1.87. The summed E-state index contributed by atoms with van der Waals surface area (Å²) in [5, 5.41) is 0. The van der Waals surface area contributed by atoms with Crippen molar-refractivity contribution in [2.24, 2.45) is 0 Å². The van der Waals surface area contributed by atoms with E-state index >= 15 is 0 Å². The molecule has 0 amide bonds. The molecule has 34 heavy (non-hydrogen) atoms. The Balaban J connectivity index is 1.52. The van der Waals surface area contributed by atoms with Gasteiger partial charge in [-0.25, -0.2) is 0 Å². The highest BCUT2D eigenvalue weighted by molar-refractivity contribution is 7.00. The van der Waals surface area contributed by atoms with Crippen molar-refractivity contribution in [3.8, 4) is 23.0 Å². The molecule has 0 atom stereocenters. The number of hydrogen-bond donors (Lipinski definition) is 0. The molecule has 158 valence electrons. The van der Waals surface area contributed by atoms with Gasteiger partial charge in [0, 0.05) is 5.46 Å². The molecule has 0 aliphatic carbocycles. The average Bonchev–Trinajstić information content (AvgIpc) is 2.91. The summed E-state index contributed by atoms with van der Waals surface area (Å²) in [5.41, 5.74) is 6.61. The first-order chi connectivity index (χ1) is 16.9. The van der Waals surface area contributed by atoms with Crippen LogP contribution in [0.1, 0.15) is 0 Å². The molecular weight excluding hydrogens is 416 g/mol. The quantitative estimate of drug-likeness (QED) is 0.391. The first-order valence-corrected chi connectivity index (χ1v) is 11.5. The Labute approximate surface area is 199 Å². The number of nitrogens with zero attached hydrogens (tertiary/aromatic N) is 1. The van der Waals surface area contributed by atoms with Crippen LogP contribution in [0.3, 0.4) is 0 Å². The van der Waals surface area contributed by atoms with Crippen molar-refractivity contribution in [1.82, 2.24) is 4.98 Å². The molecule has 0 fully saturated rings. The predicted octanol–water partition coefficient (Wildman–Crippen LogP) is 2.33. The van der Waals surface area contributed by atoms with Crippen LogP contribution in [0.15, 0.2) is 115 Å². The molecule has 0 spiro atoms. The Bertz CT molecular complexity index is 1520. The van der Waals surface area contributed by atoms with E-state index in [9.17, 15) is 0 Å². The molecule has 2 aliphatic rings. The van der Waals surface area contributed by atoms with Crippen LogP contribution < -0.4 is 42.4 Å². The standard InChI is InChI=1S/C29H19B2NO2/c1-3-11-20(12-4-1)30-22-15-7-9-17-24(22)33-26-19-32-29-28(27(26)30)34-25-18-10-8-16-23(25)31(29)21-13-5-2-6-14-21/h1-19H. The first-order valence-electron chi connectivity index (χ1n) is 11.5. The van der Waals surface area contributed by atoms with Crippen molar-refractivity contribution in [1.29, 1.82) is 0 Å². The van der Waals surface area contributed by atoms with E-state index in [4.69, 9.17) is 14.5 Å². The fourth-order valence-corrected chi connectivity index (χ4v) is 5.30. The summed E-state index contributed by atoms with van der Waals surface area (Å²) < 4.78 is 13.0. The molecule has 0 saturated carbocycles. The van der Waals surface area contributed by atoms with Gasteiger partial charge in [-0.05, 0) is 23.1 Å². The molecule has 1 aromatic heterocycles. The highest BCUT2D eigenvalue weighted by atomic mass is 16.5. The zero-order chi connectivity index (χ0) is 22.5. The molecule has 0 saturated heterocycles. The Hall–Kier alpha value is -4.24. The van der Waals surface area contributed by atoms with Gasteiger partial charge in [0.2, 0.25) is 0 Å². The average molecular weight is 435 g/mol. The lowest BCUT2D eigenvalue weighted by molar-refractivity contribution is 0.465. The molecule has 3 nitrogen and oxygen atoms in total. The van der Waals surface area contributed by atoms with Gasteiger partial charge >= 0.3 is 0 Å². The topological polar surface area (TPSA) is 31.4 Å². The first kappa shape index (κ1) is 19.2. The molecule has 4 aromatic carbocycles. The smallest absolute Gasteiger partial charge is 0.274 e. The maximum absolute atomic E-state index is 6.65. The van der Waals surface area contributed by atoms with Crippen LogP contribution in [-0.4, -0.2) is 18.4 Å². The lowest BCUT2D eigenvalue weighted by Crippen LogP contribution is -2.61. The Morgan fingerprint density at radius 3 is 1.71 bits per heavy atom.